The first-order valence-electron chi connectivity index (χ1n) is 7.80. The van der Waals surface area contributed by atoms with Crippen molar-refractivity contribution in [1.29, 1.82) is 0 Å². The van der Waals surface area contributed by atoms with E-state index >= 15 is 0 Å². The third-order valence-corrected chi connectivity index (χ3v) is 5.62. The second-order valence-electron chi connectivity index (χ2n) is 6.72. The van der Waals surface area contributed by atoms with Crippen LogP contribution in [0.3, 0.4) is 0 Å². The Balaban J connectivity index is 1.91. The molecule has 1 aliphatic heterocycles. The molecule has 0 atom stereocenters. The van der Waals surface area contributed by atoms with Crippen molar-refractivity contribution in [1.82, 2.24) is 0 Å². The summed E-state index contributed by atoms with van der Waals surface area (Å²) in [4.78, 5) is 12.5. The number of benzene rings is 1. The summed E-state index contributed by atoms with van der Waals surface area (Å²) in [6.07, 6.45) is 0. The second kappa shape index (κ2) is 5.62. The molecule has 0 aliphatic carbocycles. The number of fused-ring (bicyclic) bond motifs is 1. The van der Waals surface area contributed by atoms with Gasteiger partial charge in [0.05, 0.1) is 17.8 Å². The molecule has 0 unspecified atom stereocenters. The highest BCUT2D eigenvalue weighted by Crippen LogP contribution is 2.37. The van der Waals surface area contributed by atoms with E-state index < -0.39 is 7.12 Å². The third-order valence-electron chi connectivity index (χ3n) is 4.55. The minimum atomic E-state index is -0.391. The molecule has 0 N–H and O–H groups in total. The molecule has 2 heterocycles. The van der Waals surface area contributed by atoms with Crippen LogP contribution in [0.15, 0.2) is 24.3 Å². The maximum Gasteiger partial charge on any atom is 0.494 e. The lowest BCUT2D eigenvalue weighted by Gasteiger charge is -2.32. The lowest BCUT2D eigenvalue weighted by Crippen LogP contribution is -2.41. The highest BCUT2D eigenvalue weighted by atomic mass is 32.1. The van der Waals surface area contributed by atoms with Crippen molar-refractivity contribution in [2.45, 2.75) is 45.8 Å². The highest BCUT2D eigenvalue weighted by molar-refractivity contribution is 7.20. The number of ether oxygens (including phenoxy) is 1. The van der Waals surface area contributed by atoms with E-state index in [1.54, 1.807) is 0 Å². The van der Waals surface area contributed by atoms with Crippen LogP contribution in [0.4, 0.5) is 0 Å². The fraction of sp³-hybridized carbons (Fsp3) is 0.471. The van der Waals surface area contributed by atoms with Crippen LogP contribution < -0.4 is 5.46 Å². The zero-order valence-electron chi connectivity index (χ0n) is 14.1. The Morgan fingerprint density at radius 2 is 1.83 bits per heavy atom. The Morgan fingerprint density at radius 1 is 1.17 bits per heavy atom. The van der Waals surface area contributed by atoms with Gasteiger partial charge in [-0.05, 0) is 57.6 Å². The quantitative estimate of drug-likeness (QED) is 0.638. The van der Waals surface area contributed by atoms with Crippen molar-refractivity contribution in [2.24, 2.45) is 0 Å². The smallest absolute Gasteiger partial charge is 0.462 e. The van der Waals surface area contributed by atoms with Crippen LogP contribution in [-0.2, 0) is 14.0 Å². The van der Waals surface area contributed by atoms with Crippen LogP contribution in [0.2, 0.25) is 0 Å². The van der Waals surface area contributed by atoms with Gasteiger partial charge in [-0.3, -0.25) is 0 Å². The van der Waals surface area contributed by atoms with E-state index in [9.17, 15) is 4.79 Å². The molecule has 1 aromatic carbocycles. The fourth-order valence-corrected chi connectivity index (χ4v) is 3.48. The Kier molecular flexibility index (Phi) is 4.03. The van der Waals surface area contributed by atoms with E-state index in [1.165, 1.54) is 11.3 Å². The predicted molar refractivity (Wildman–Crippen MR) is 93.5 cm³/mol. The molecule has 4 nitrogen and oxygen atoms in total. The summed E-state index contributed by atoms with van der Waals surface area (Å²) in [6, 6.07) is 7.89. The van der Waals surface area contributed by atoms with Gasteiger partial charge in [-0.15, -0.1) is 11.3 Å². The fourth-order valence-electron chi connectivity index (χ4n) is 2.48. The summed E-state index contributed by atoms with van der Waals surface area (Å²) in [5, 5.41) is 1.03. The topological polar surface area (TPSA) is 44.8 Å². The zero-order chi connectivity index (χ0) is 16.8. The normalized spacial score (nSPS) is 19.3. The third kappa shape index (κ3) is 2.91. The molecule has 1 aromatic heterocycles. The molecule has 3 rings (SSSR count). The lowest BCUT2D eigenvalue weighted by molar-refractivity contribution is 0.00578. The first-order chi connectivity index (χ1) is 10.7. The number of rotatable bonds is 3. The lowest BCUT2D eigenvalue weighted by atomic mass is 9.79. The number of hydrogen-bond acceptors (Lipinski definition) is 5. The van der Waals surface area contributed by atoms with Gasteiger partial charge >= 0.3 is 13.1 Å². The average molecular weight is 332 g/mol. The molecular formula is C17H21BO4S. The van der Waals surface area contributed by atoms with E-state index in [1.807, 2.05) is 58.9 Å². The molecule has 6 heteroatoms. The molecule has 1 fully saturated rings. The van der Waals surface area contributed by atoms with Gasteiger partial charge in [0, 0.05) is 4.70 Å². The van der Waals surface area contributed by atoms with Crippen LogP contribution in [0.25, 0.3) is 10.1 Å². The van der Waals surface area contributed by atoms with Gasteiger partial charge < -0.3 is 14.0 Å². The van der Waals surface area contributed by atoms with Gasteiger partial charge in [0.15, 0.2) is 0 Å². The van der Waals surface area contributed by atoms with Crippen molar-refractivity contribution in [3.05, 3.63) is 29.1 Å². The highest BCUT2D eigenvalue weighted by Gasteiger charge is 2.51. The number of carbonyl (C=O) groups is 1. The largest absolute Gasteiger partial charge is 0.494 e. The van der Waals surface area contributed by atoms with Gasteiger partial charge in [-0.25, -0.2) is 4.79 Å². The zero-order valence-corrected chi connectivity index (χ0v) is 15.0. The minimum absolute atomic E-state index is 0.272. The maximum absolute atomic E-state index is 11.9. The number of esters is 1. The minimum Gasteiger partial charge on any atom is -0.462 e. The summed E-state index contributed by atoms with van der Waals surface area (Å²) in [7, 11) is -0.391. The van der Waals surface area contributed by atoms with Crippen LogP contribution in [-0.4, -0.2) is 30.9 Å². The van der Waals surface area contributed by atoms with Crippen LogP contribution >= 0.6 is 11.3 Å². The Hall–Kier alpha value is -1.37. The summed E-state index contributed by atoms with van der Waals surface area (Å²) in [6.45, 7) is 10.3. The Morgan fingerprint density at radius 3 is 2.43 bits per heavy atom. The van der Waals surface area contributed by atoms with Gasteiger partial charge in [0.25, 0.3) is 0 Å². The van der Waals surface area contributed by atoms with E-state index in [0.717, 1.165) is 15.5 Å². The SMILES string of the molecule is CCOC(=O)c1cc2ccc(B3OC(C)(C)C(C)(C)O3)cc2s1. The van der Waals surface area contributed by atoms with Gasteiger partial charge in [-0.2, -0.15) is 0 Å². The van der Waals surface area contributed by atoms with Crippen LogP contribution in [0.1, 0.15) is 44.3 Å². The van der Waals surface area contributed by atoms with E-state index in [-0.39, 0.29) is 17.2 Å². The molecule has 0 saturated carbocycles. The molecule has 0 spiro atoms. The molecule has 2 aromatic rings. The number of hydrogen-bond donors (Lipinski definition) is 0. The molecule has 1 aliphatic rings. The molecule has 0 bridgehead atoms. The second-order valence-corrected chi connectivity index (χ2v) is 7.80. The first kappa shape index (κ1) is 16.5. The molecule has 0 amide bonds. The van der Waals surface area contributed by atoms with Crippen molar-refractivity contribution in [3.63, 3.8) is 0 Å². The van der Waals surface area contributed by atoms with Crippen molar-refractivity contribution < 1.29 is 18.8 Å². The summed E-state index contributed by atoms with van der Waals surface area (Å²) >= 11 is 1.43. The van der Waals surface area contributed by atoms with E-state index in [2.05, 4.69) is 0 Å². The molecule has 23 heavy (non-hydrogen) atoms. The van der Waals surface area contributed by atoms with E-state index in [4.69, 9.17) is 14.0 Å². The van der Waals surface area contributed by atoms with Crippen LogP contribution in [0.5, 0.6) is 0 Å². The number of carbonyl (C=O) groups excluding carboxylic acids is 1. The van der Waals surface area contributed by atoms with Crippen molar-refractivity contribution in [3.8, 4) is 0 Å². The molecule has 122 valence electrons. The molecule has 0 radical (unpaired) electrons. The standard InChI is InChI=1S/C17H21BO4S/c1-6-20-15(19)14-9-11-7-8-12(10-13(11)23-14)18-21-16(2,3)17(4,5)22-18/h7-10H,6H2,1-5H3. The van der Waals surface area contributed by atoms with Crippen LogP contribution in [0, 0.1) is 0 Å². The average Bonchev–Trinajstić information content (AvgIpc) is 2.97. The summed E-state index contributed by atoms with van der Waals surface area (Å²) in [5.74, 6) is -0.272. The maximum atomic E-state index is 11.9. The Labute approximate surface area is 140 Å². The first-order valence-corrected chi connectivity index (χ1v) is 8.61. The van der Waals surface area contributed by atoms with Gasteiger partial charge in [-0.1, -0.05) is 12.1 Å². The predicted octanol–water partition coefficient (Wildman–Crippen LogP) is 3.38. The van der Waals surface area contributed by atoms with Crippen molar-refractivity contribution in [2.75, 3.05) is 6.61 Å². The Bertz CT molecular complexity index is 734. The summed E-state index contributed by atoms with van der Waals surface area (Å²) in [5.41, 5.74) is 0.240. The summed E-state index contributed by atoms with van der Waals surface area (Å²) < 4.78 is 18.3. The van der Waals surface area contributed by atoms with Gasteiger partial charge in [0.2, 0.25) is 0 Å². The number of thiophene rings is 1. The monoisotopic (exact) mass is 332 g/mol. The van der Waals surface area contributed by atoms with E-state index in [0.29, 0.717) is 11.5 Å². The molecule has 1 saturated heterocycles. The van der Waals surface area contributed by atoms with Crippen molar-refractivity contribution >= 4 is 40.0 Å². The molecular weight excluding hydrogens is 311 g/mol. The van der Waals surface area contributed by atoms with Gasteiger partial charge in [0.1, 0.15) is 4.88 Å².